The van der Waals surface area contributed by atoms with Crippen molar-refractivity contribution in [2.45, 2.75) is 6.54 Å². The van der Waals surface area contributed by atoms with Crippen LogP contribution in [0.3, 0.4) is 0 Å². The van der Waals surface area contributed by atoms with Gasteiger partial charge in [-0.05, 0) is 6.07 Å². The fourth-order valence-electron chi connectivity index (χ4n) is 1.12. The maximum absolute atomic E-state index is 5.18. The van der Waals surface area contributed by atoms with Crippen molar-refractivity contribution in [1.82, 2.24) is 10.7 Å². The number of nitrogens with two attached hydrogens (primary N) is 1. The van der Waals surface area contributed by atoms with Crippen LogP contribution in [0.4, 0.5) is 0 Å². The Morgan fingerprint density at radius 3 is 2.85 bits per heavy atom. The zero-order valence-electron chi connectivity index (χ0n) is 7.71. The Morgan fingerprint density at radius 2 is 2.15 bits per heavy atom. The molecule has 72 valence electrons. The van der Waals surface area contributed by atoms with E-state index in [1.54, 1.807) is 7.11 Å². The lowest BCUT2D eigenvalue weighted by Gasteiger charge is -2.08. The summed E-state index contributed by atoms with van der Waals surface area (Å²) in [6.45, 7) is 1.33. The van der Waals surface area contributed by atoms with E-state index in [1.807, 2.05) is 24.3 Å². The number of benzene rings is 1. The molecule has 0 aliphatic heterocycles. The van der Waals surface area contributed by atoms with Gasteiger partial charge in [0.05, 0.1) is 13.8 Å². The van der Waals surface area contributed by atoms with E-state index in [9.17, 15) is 0 Å². The molecule has 4 nitrogen and oxygen atoms in total. The van der Waals surface area contributed by atoms with Crippen LogP contribution in [0.1, 0.15) is 5.56 Å². The van der Waals surface area contributed by atoms with Gasteiger partial charge in [0, 0.05) is 12.1 Å². The highest BCUT2D eigenvalue weighted by molar-refractivity contribution is 5.32. The molecule has 0 atom stereocenters. The second-order valence-corrected chi connectivity index (χ2v) is 2.62. The van der Waals surface area contributed by atoms with Crippen LogP contribution >= 0.6 is 0 Å². The molecule has 4 N–H and O–H groups in total. The van der Waals surface area contributed by atoms with Gasteiger partial charge < -0.3 is 4.74 Å². The Kier molecular flexibility index (Phi) is 4.25. The Labute approximate surface area is 78.0 Å². The summed E-state index contributed by atoms with van der Waals surface area (Å²) in [6.07, 6.45) is 0. The van der Waals surface area contributed by atoms with Gasteiger partial charge in [0.25, 0.3) is 0 Å². The lowest BCUT2D eigenvalue weighted by Crippen LogP contribution is -2.33. The minimum atomic E-state index is 0.581. The van der Waals surface area contributed by atoms with Gasteiger partial charge in [0.2, 0.25) is 0 Å². The second kappa shape index (κ2) is 5.53. The molecule has 0 unspecified atom stereocenters. The smallest absolute Gasteiger partial charge is 0.123 e. The molecule has 0 fully saturated rings. The molecule has 0 aliphatic carbocycles. The Morgan fingerprint density at radius 1 is 1.38 bits per heavy atom. The molecule has 0 bridgehead atoms. The number of hydrogen-bond donors (Lipinski definition) is 3. The first-order valence-electron chi connectivity index (χ1n) is 4.14. The fourth-order valence-corrected chi connectivity index (χ4v) is 1.12. The van der Waals surface area contributed by atoms with Crippen LogP contribution in [-0.4, -0.2) is 13.8 Å². The summed E-state index contributed by atoms with van der Waals surface area (Å²) in [5.41, 5.74) is 3.65. The lowest BCUT2D eigenvalue weighted by atomic mass is 10.2. The van der Waals surface area contributed by atoms with Crippen molar-refractivity contribution in [3.05, 3.63) is 29.8 Å². The van der Waals surface area contributed by atoms with Crippen LogP contribution in [0.25, 0.3) is 0 Å². The summed E-state index contributed by atoms with van der Waals surface area (Å²) < 4.78 is 5.18. The molecule has 13 heavy (non-hydrogen) atoms. The molecular formula is C9H15N3O. The van der Waals surface area contributed by atoms with Crippen molar-refractivity contribution < 1.29 is 4.74 Å². The van der Waals surface area contributed by atoms with Gasteiger partial charge >= 0.3 is 0 Å². The average Bonchev–Trinajstić information content (AvgIpc) is 2.19. The average molecular weight is 181 g/mol. The molecule has 0 saturated carbocycles. The highest BCUT2D eigenvalue weighted by Crippen LogP contribution is 2.16. The van der Waals surface area contributed by atoms with E-state index in [1.165, 1.54) is 0 Å². The summed E-state index contributed by atoms with van der Waals surface area (Å²) in [7, 11) is 1.67. The minimum Gasteiger partial charge on any atom is -0.496 e. The third kappa shape index (κ3) is 3.02. The number of para-hydroxylation sites is 1. The second-order valence-electron chi connectivity index (χ2n) is 2.62. The molecule has 4 heteroatoms. The highest BCUT2D eigenvalue weighted by Gasteiger charge is 1.99. The van der Waals surface area contributed by atoms with Crippen LogP contribution in [0.5, 0.6) is 5.75 Å². The van der Waals surface area contributed by atoms with Gasteiger partial charge in [-0.2, -0.15) is 0 Å². The quantitative estimate of drug-likeness (QED) is 0.263. The predicted molar refractivity (Wildman–Crippen MR) is 52.0 cm³/mol. The maximum atomic E-state index is 5.18. The number of methoxy groups -OCH3 is 1. The molecular weight excluding hydrogens is 166 g/mol. The number of nitrogens with one attached hydrogen (secondary N) is 2. The van der Waals surface area contributed by atoms with E-state index >= 15 is 0 Å². The molecule has 1 rings (SSSR count). The van der Waals surface area contributed by atoms with Gasteiger partial charge in [0.1, 0.15) is 5.75 Å². The molecule has 1 aromatic carbocycles. The summed E-state index contributed by atoms with van der Waals surface area (Å²) in [5.74, 6) is 6.01. The Bertz CT molecular complexity index is 252. The first-order valence-corrected chi connectivity index (χ1v) is 4.14. The number of ether oxygens (including phenoxy) is 1. The molecule has 0 amide bonds. The van der Waals surface area contributed by atoms with Gasteiger partial charge in [-0.15, -0.1) is 0 Å². The van der Waals surface area contributed by atoms with E-state index in [-0.39, 0.29) is 0 Å². The van der Waals surface area contributed by atoms with E-state index in [2.05, 4.69) is 10.7 Å². The molecule has 0 saturated heterocycles. The summed E-state index contributed by atoms with van der Waals surface area (Å²) >= 11 is 0. The predicted octanol–water partition coefficient (Wildman–Crippen LogP) is 0.206. The van der Waals surface area contributed by atoms with E-state index < -0.39 is 0 Å². The van der Waals surface area contributed by atoms with Crippen LogP contribution in [-0.2, 0) is 6.54 Å². The first kappa shape index (κ1) is 9.98. The van der Waals surface area contributed by atoms with E-state index in [4.69, 9.17) is 10.6 Å². The Balaban J connectivity index is 2.54. The van der Waals surface area contributed by atoms with E-state index in [0.717, 1.165) is 17.9 Å². The zero-order chi connectivity index (χ0) is 9.52. The van der Waals surface area contributed by atoms with Crippen molar-refractivity contribution in [2.24, 2.45) is 5.84 Å². The zero-order valence-corrected chi connectivity index (χ0v) is 7.71. The normalized spacial score (nSPS) is 10.0. The van der Waals surface area contributed by atoms with Crippen molar-refractivity contribution in [3.63, 3.8) is 0 Å². The van der Waals surface area contributed by atoms with Gasteiger partial charge in [-0.1, -0.05) is 18.2 Å². The van der Waals surface area contributed by atoms with Gasteiger partial charge in [0.15, 0.2) is 0 Å². The number of hydrogen-bond acceptors (Lipinski definition) is 4. The van der Waals surface area contributed by atoms with Crippen LogP contribution < -0.4 is 21.3 Å². The monoisotopic (exact) mass is 181 g/mol. The summed E-state index contributed by atoms with van der Waals surface area (Å²) in [6, 6.07) is 7.88. The SMILES string of the molecule is COc1ccccc1CNCNN. The van der Waals surface area contributed by atoms with Crippen LogP contribution in [0, 0.1) is 0 Å². The first-order chi connectivity index (χ1) is 6.38. The maximum Gasteiger partial charge on any atom is 0.123 e. The minimum absolute atomic E-state index is 0.581. The number of rotatable bonds is 5. The highest BCUT2D eigenvalue weighted by atomic mass is 16.5. The fraction of sp³-hybridized carbons (Fsp3) is 0.333. The molecule has 0 aliphatic rings. The standard InChI is InChI=1S/C9H15N3O/c1-13-9-5-3-2-4-8(9)6-11-7-12-10/h2-5,11-12H,6-7,10H2,1H3. The molecule has 1 aromatic rings. The summed E-state index contributed by atoms with van der Waals surface area (Å²) in [5, 5.41) is 3.11. The van der Waals surface area contributed by atoms with Crippen LogP contribution in [0.2, 0.25) is 0 Å². The number of hydrazine groups is 1. The third-order valence-corrected chi connectivity index (χ3v) is 1.74. The molecule has 0 aromatic heterocycles. The van der Waals surface area contributed by atoms with Gasteiger partial charge in [-0.25, -0.2) is 5.43 Å². The lowest BCUT2D eigenvalue weighted by molar-refractivity contribution is 0.407. The third-order valence-electron chi connectivity index (χ3n) is 1.74. The van der Waals surface area contributed by atoms with Crippen LogP contribution in [0.15, 0.2) is 24.3 Å². The van der Waals surface area contributed by atoms with Gasteiger partial charge in [-0.3, -0.25) is 11.2 Å². The van der Waals surface area contributed by atoms with E-state index in [0.29, 0.717) is 6.67 Å². The Hall–Kier alpha value is -1.10. The largest absolute Gasteiger partial charge is 0.496 e. The molecule has 0 radical (unpaired) electrons. The van der Waals surface area contributed by atoms with Crippen molar-refractivity contribution >= 4 is 0 Å². The molecule has 0 heterocycles. The summed E-state index contributed by atoms with van der Waals surface area (Å²) in [4.78, 5) is 0. The van der Waals surface area contributed by atoms with Crippen molar-refractivity contribution in [3.8, 4) is 5.75 Å². The van der Waals surface area contributed by atoms with Crippen molar-refractivity contribution in [2.75, 3.05) is 13.8 Å². The van der Waals surface area contributed by atoms with Crippen molar-refractivity contribution in [1.29, 1.82) is 0 Å². The topological polar surface area (TPSA) is 59.3 Å². The molecule has 0 spiro atoms.